The van der Waals surface area contributed by atoms with E-state index in [1.165, 1.54) is 21.3 Å². The summed E-state index contributed by atoms with van der Waals surface area (Å²) in [6.07, 6.45) is 0.416. The number of sulfonamides is 1. The largest absolute Gasteiger partial charge is 0.335 e. The number of rotatable bonds is 7. The molecule has 146 valence electrons. The Morgan fingerprint density at radius 1 is 1.15 bits per heavy atom. The van der Waals surface area contributed by atoms with Gasteiger partial charge in [0, 0.05) is 31.2 Å². The van der Waals surface area contributed by atoms with E-state index in [2.05, 4.69) is 0 Å². The van der Waals surface area contributed by atoms with Gasteiger partial charge in [-0.3, -0.25) is 4.79 Å². The number of amides is 1. The lowest BCUT2D eigenvalue weighted by atomic mass is 10.1. The molecule has 0 saturated carbocycles. The summed E-state index contributed by atoms with van der Waals surface area (Å²) >= 11 is 0. The van der Waals surface area contributed by atoms with Crippen LogP contribution in [0, 0.1) is 0 Å². The van der Waals surface area contributed by atoms with Crippen LogP contribution in [0.4, 0.5) is 0 Å². The van der Waals surface area contributed by atoms with Crippen molar-refractivity contribution in [1.82, 2.24) is 9.21 Å². The van der Waals surface area contributed by atoms with Gasteiger partial charge in [-0.15, -0.1) is 0 Å². The Morgan fingerprint density at radius 2 is 1.81 bits per heavy atom. The van der Waals surface area contributed by atoms with E-state index in [1.807, 2.05) is 0 Å². The smallest absolute Gasteiger partial charge is 0.254 e. The third-order valence-electron chi connectivity index (χ3n) is 4.67. The first-order chi connectivity index (χ1) is 12.2. The van der Waals surface area contributed by atoms with Crippen LogP contribution in [0.1, 0.15) is 37.6 Å². The molecule has 0 spiro atoms. The van der Waals surface area contributed by atoms with E-state index in [9.17, 15) is 21.6 Å². The van der Waals surface area contributed by atoms with Crippen LogP contribution in [0.3, 0.4) is 0 Å². The molecule has 0 radical (unpaired) electrons. The SMILES string of the molecule is CCN(C(=O)c1cccc(S(=O)(=O)N(CC)CC)c1)[C@H]1CCS(=O)(=O)C1. The minimum atomic E-state index is -3.66. The van der Waals surface area contributed by atoms with Crippen molar-refractivity contribution >= 4 is 25.8 Å². The number of nitrogens with zero attached hydrogens (tertiary/aromatic N) is 2. The molecule has 1 fully saturated rings. The van der Waals surface area contributed by atoms with Crippen LogP contribution in [-0.2, 0) is 19.9 Å². The van der Waals surface area contributed by atoms with Crippen LogP contribution in [-0.4, -0.2) is 69.1 Å². The number of carbonyl (C=O) groups is 1. The van der Waals surface area contributed by atoms with E-state index in [4.69, 9.17) is 0 Å². The van der Waals surface area contributed by atoms with E-state index < -0.39 is 19.9 Å². The summed E-state index contributed by atoms with van der Waals surface area (Å²) in [7, 11) is -6.77. The fourth-order valence-corrected chi connectivity index (χ4v) is 6.49. The molecule has 1 saturated heterocycles. The number of hydrogen-bond donors (Lipinski definition) is 0. The molecule has 1 heterocycles. The second-order valence-electron chi connectivity index (χ2n) is 6.27. The van der Waals surface area contributed by atoms with Crippen LogP contribution in [0.15, 0.2) is 29.2 Å². The van der Waals surface area contributed by atoms with Crippen molar-refractivity contribution in [2.75, 3.05) is 31.1 Å². The number of sulfone groups is 1. The first kappa shape index (κ1) is 20.9. The molecule has 0 bridgehead atoms. The first-order valence-corrected chi connectivity index (χ1v) is 12.0. The van der Waals surface area contributed by atoms with Crippen LogP contribution >= 0.6 is 0 Å². The third-order valence-corrected chi connectivity index (χ3v) is 8.47. The van der Waals surface area contributed by atoms with Crippen molar-refractivity contribution in [3.05, 3.63) is 29.8 Å². The summed E-state index contributed by atoms with van der Waals surface area (Å²) in [5.74, 6) is -0.298. The second kappa shape index (κ2) is 8.06. The zero-order valence-electron chi connectivity index (χ0n) is 15.4. The standard InChI is InChI=1S/C17H26N2O5S2/c1-4-18(5-2)26(23,24)16-9-7-8-14(12-16)17(20)19(6-3)15-10-11-25(21,22)13-15/h7-9,12,15H,4-6,10-11,13H2,1-3H3/t15-/m0/s1. The molecule has 1 aromatic rings. The van der Waals surface area contributed by atoms with E-state index in [0.717, 1.165) is 0 Å². The van der Waals surface area contributed by atoms with Crippen LogP contribution in [0.25, 0.3) is 0 Å². The zero-order chi connectivity index (χ0) is 19.5. The van der Waals surface area contributed by atoms with E-state index in [-0.39, 0.29) is 33.9 Å². The number of carbonyl (C=O) groups excluding carboxylic acids is 1. The van der Waals surface area contributed by atoms with Crippen LogP contribution < -0.4 is 0 Å². The van der Waals surface area contributed by atoms with Gasteiger partial charge in [-0.25, -0.2) is 16.8 Å². The highest BCUT2D eigenvalue weighted by molar-refractivity contribution is 7.91. The normalized spacial score (nSPS) is 19.6. The van der Waals surface area contributed by atoms with Crippen molar-refractivity contribution < 1.29 is 21.6 Å². The molecule has 2 rings (SSSR count). The van der Waals surface area contributed by atoms with Gasteiger partial charge in [0.15, 0.2) is 9.84 Å². The highest BCUT2D eigenvalue weighted by Crippen LogP contribution is 2.22. The predicted octanol–water partition coefficient (Wildman–Crippen LogP) is 1.37. The quantitative estimate of drug-likeness (QED) is 0.687. The number of benzene rings is 1. The average Bonchev–Trinajstić information content (AvgIpc) is 2.96. The highest BCUT2D eigenvalue weighted by Gasteiger charge is 2.34. The van der Waals surface area contributed by atoms with Crippen molar-refractivity contribution in [1.29, 1.82) is 0 Å². The summed E-state index contributed by atoms with van der Waals surface area (Å²) in [6, 6.07) is 5.60. The fourth-order valence-electron chi connectivity index (χ4n) is 3.26. The molecular formula is C17H26N2O5S2. The number of hydrogen-bond acceptors (Lipinski definition) is 5. The summed E-state index contributed by atoms with van der Waals surface area (Å²) < 4.78 is 50.1. The van der Waals surface area contributed by atoms with Gasteiger partial charge in [-0.2, -0.15) is 4.31 Å². The predicted molar refractivity (Wildman–Crippen MR) is 100 cm³/mol. The lowest BCUT2D eigenvalue weighted by Crippen LogP contribution is -2.41. The summed E-state index contributed by atoms with van der Waals surface area (Å²) in [4.78, 5) is 14.5. The Bertz CT molecular complexity index is 861. The first-order valence-electron chi connectivity index (χ1n) is 8.77. The van der Waals surface area contributed by atoms with Gasteiger partial charge in [0.1, 0.15) is 0 Å². The van der Waals surface area contributed by atoms with Crippen molar-refractivity contribution in [2.24, 2.45) is 0 Å². The molecule has 0 aliphatic carbocycles. The van der Waals surface area contributed by atoms with Gasteiger partial charge in [-0.05, 0) is 31.5 Å². The second-order valence-corrected chi connectivity index (χ2v) is 10.4. The maximum Gasteiger partial charge on any atom is 0.254 e. The molecule has 1 aromatic carbocycles. The monoisotopic (exact) mass is 402 g/mol. The van der Waals surface area contributed by atoms with E-state index in [1.54, 1.807) is 32.9 Å². The molecule has 1 amide bonds. The molecule has 7 nitrogen and oxygen atoms in total. The topological polar surface area (TPSA) is 91.8 Å². The molecule has 1 aliphatic rings. The van der Waals surface area contributed by atoms with Gasteiger partial charge in [0.25, 0.3) is 5.91 Å². The van der Waals surface area contributed by atoms with Gasteiger partial charge in [-0.1, -0.05) is 19.9 Å². The van der Waals surface area contributed by atoms with Crippen molar-refractivity contribution in [3.63, 3.8) is 0 Å². The lowest BCUT2D eigenvalue weighted by Gasteiger charge is -2.27. The molecular weight excluding hydrogens is 376 g/mol. The zero-order valence-corrected chi connectivity index (χ0v) is 17.0. The van der Waals surface area contributed by atoms with Crippen LogP contribution in [0.5, 0.6) is 0 Å². The maximum absolute atomic E-state index is 12.9. The molecule has 9 heteroatoms. The van der Waals surface area contributed by atoms with Gasteiger partial charge in [0.2, 0.25) is 10.0 Å². The Morgan fingerprint density at radius 3 is 2.31 bits per heavy atom. The average molecular weight is 403 g/mol. The minimum absolute atomic E-state index is 0.0377. The fraction of sp³-hybridized carbons (Fsp3) is 0.588. The van der Waals surface area contributed by atoms with E-state index >= 15 is 0 Å². The highest BCUT2D eigenvalue weighted by atomic mass is 32.2. The van der Waals surface area contributed by atoms with Crippen LogP contribution in [0.2, 0.25) is 0 Å². The summed E-state index contributed by atoms with van der Waals surface area (Å²) in [5.41, 5.74) is 0.254. The molecule has 26 heavy (non-hydrogen) atoms. The van der Waals surface area contributed by atoms with Crippen molar-refractivity contribution in [3.8, 4) is 0 Å². The van der Waals surface area contributed by atoms with Gasteiger partial charge < -0.3 is 4.90 Å². The summed E-state index contributed by atoms with van der Waals surface area (Å²) in [6.45, 7) is 6.37. The maximum atomic E-state index is 12.9. The molecule has 1 atom stereocenters. The third kappa shape index (κ3) is 4.27. The van der Waals surface area contributed by atoms with E-state index in [0.29, 0.717) is 26.1 Å². The van der Waals surface area contributed by atoms with Crippen molar-refractivity contribution in [2.45, 2.75) is 38.1 Å². The minimum Gasteiger partial charge on any atom is -0.335 e. The van der Waals surface area contributed by atoms with Gasteiger partial charge >= 0.3 is 0 Å². The molecule has 0 N–H and O–H groups in total. The Hall–Kier alpha value is -1.45. The molecule has 0 unspecified atom stereocenters. The molecule has 0 aromatic heterocycles. The van der Waals surface area contributed by atoms with Gasteiger partial charge in [0.05, 0.1) is 16.4 Å². The Labute approximate surface area is 156 Å². The Kier molecular flexibility index (Phi) is 6.46. The lowest BCUT2D eigenvalue weighted by molar-refractivity contribution is 0.0708. The summed E-state index contributed by atoms with van der Waals surface area (Å²) in [5, 5.41) is 0. The Balaban J connectivity index is 2.33. The molecule has 1 aliphatic heterocycles.